The lowest BCUT2D eigenvalue weighted by molar-refractivity contribution is -0.140. The van der Waals surface area contributed by atoms with Gasteiger partial charge in [0.25, 0.3) is 0 Å². The van der Waals surface area contributed by atoms with Crippen molar-refractivity contribution in [2.45, 2.75) is 13.0 Å². The molecule has 0 spiro atoms. The van der Waals surface area contributed by atoms with Crippen molar-refractivity contribution in [2.24, 2.45) is 0 Å². The monoisotopic (exact) mass is 398 g/mol. The lowest BCUT2D eigenvalue weighted by Gasteiger charge is -2.20. The molecule has 0 bridgehead atoms. The van der Waals surface area contributed by atoms with Crippen LogP contribution in [0.1, 0.15) is 22.8 Å². The molecule has 0 amide bonds. The van der Waals surface area contributed by atoms with Crippen molar-refractivity contribution in [1.29, 1.82) is 0 Å². The average Bonchev–Trinajstić information content (AvgIpc) is 2.76. The maximum Gasteiger partial charge on any atom is 0.331 e. The molecule has 0 saturated heterocycles. The third-order valence-electron chi connectivity index (χ3n) is 4.30. The Morgan fingerprint density at radius 3 is 2.45 bits per heavy atom. The zero-order chi connectivity index (χ0) is 20.8. The Labute approximate surface area is 168 Å². The highest BCUT2D eigenvalue weighted by Gasteiger charge is 2.20. The Morgan fingerprint density at radius 2 is 1.76 bits per heavy atom. The normalized spacial score (nSPS) is 13.6. The summed E-state index contributed by atoms with van der Waals surface area (Å²) in [5.41, 5.74) is 1.11. The van der Waals surface area contributed by atoms with Gasteiger partial charge in [-0.3, -0.25) is 4.79 Å². The minimum absolute atomic E-state index is 0.296. The fourth-order valence-electron chi connectivity index (χ4n) is 2.81. The molecule has 0 saturated carbocycles. The second-order valence-corrected chi connectivity index (χ2v) is 6.25. The Balaban J connectivity index is 1.65. The van der Waals surface area contributed by atoms with Gasteiger partial charge in [0.1, 0.15) is 19.0 Å². The van der Waals surface area contributed by atoms with E-state index in [-0.39, 0.29) is 5.78 Å². The molecule has 1 aliphatic heterocycles. The summed E-state index contributed by atoms with van der Waals surface area (Å²) in [6.45, 7) is 2.42. The van der Waals surface area contributed by atoms with Crippen LogP contribution in [0.4, 0.5) is 0 Å². The SMILES string of the molecule is COc1ccc(C(=O)[C@H](C)OC(=O)/C=C/c2cc(OC)c3c(c2)OCCO3)cc1. The van der Waals surface area contributed by atoms with Crippen LogP contribution >= 0.6 is 0 Å². The van der Waals surface area contributed by atoms with Gasteiger partial charge in [-0.1, -0.05) is 0 Å². The number of carbonyl (C=O) groups excluding carboxylic acids is 2. The number of ether oxygens (including phenoxy) is 5. The molecule has 2 aromatic rings. The van der Waals surface area contributed by atoms with Gasteiger partial charge in [0.15, 0.2) is 17.6 Å². The smallest absolute Gasteiger partial charge is 0.331 e. The number of ketones is 1. The summed E-state index contributed by atoms with van der Waals surface area (Å²) in [6, 6.07) is 10.1. The van der Waals surface area contributed by atoms with E-state index in [1.54, 1.807) is 49.6 Å². The number of hydrogen-bond donors (Lipinski definition) is 0. The van der Waals surface area contributed by atoms with Gasteiger partial charge in [0.05, 0.1) is 14.2 Å². The molecule has 0 aromatic heterocycles. The molecule has 0 N–H and O–H groups in total. The highest BCUT2D eigenvalue weighted by atomic mass is 16.6. The molecule has 152 valence electrons. The number of carbonyl (C=O) groups is 2. The van der Waals surface area contributed by atoms with Crippen LogP contribution in [0.15, 0.2) is 42.5 Å². The lowest BCUT2D eigenvalue weighted by atomic mass is 10.1. The van der Waals surface area contributed by atoms with E-state index in [1.165, 1.54) is 20.1 Å². The van der Waals surface area contributed by atoms with Crippen LogP contribution in [-0.4, -0.2) is 45.3 Å². The summed E-state index contributed by atoms with van der Waals surface area (Å²) in [6.07, 6.45) is 1.89. The minimum Gasteiger partial charge on any atom is -0.497 e. The van der Waals surface area contributed by atoms with Crippen LogP contribution in [0.25, 0.3) is 6.08 Å². The number of Topliss-reactive ketones (excluding diaryl/α,β-unsaturated/α-hetero) is 1. The standard InChI is InChI=1S/C22H22O7/c1-14(21(24)16-5-7-17(25-2)8-6-16)29-20(23)9-4-15-12-18(26-3)22-19(13-15)27-10-11-28-22/h4-9,12-14H,10-11H2,1-3H3/b9-4+/t14-/m0/s1. The third-order valence-corrected chi connectivity index (χ3v) is 4.30. The van der Waals surface area contributed by atoms with E-state index < -0.39 is 12.1 Å². The predicted molar refractivity (Wildman–Crippen MR) is 106 cm³/mol. The average molecular weight is 398 g/mol. The second kappa shape index (κ2) is 9.14. The van der Waals surface area contributed by atoms with Gasteiger partial charge in [0, 0.05) is 11.6 Å². The van der Waals surface area contributed by atoms with Crippen LogP contribution in [-0.2, 0) is 9.53 Å². The Morgan fingerprint density at radius 1 is 1.03 bits per heavy atom. The summed E-state index contributed by atoms with van der Waals surface area (Å²) in [5.74, 6) is 1.31. The highest BCUT2D eigenvalue weighted by molar-refractivity contribution is 6.01. The maximum absolute atomic E-state index is 12.4. The Bertz CT molecular complexity index is 898. The van der Waals surface area contributed by atoms with Gasteiger partial charge in [-0.2, -0.15) is 0 Å². The molecule has 7 nitrogen and oxygen atoms in total. The predicted octanol–water partition coefficient (Wildman–Crippen LogP) is 3.30. The highest BCUT2D eigenvalue weighted by Crippen LogP contribution is 2.40. The van der Waals surface area contributed by atoms with Crippen molar-refractivity contribution in [1.82, 2.24) is 0 Å². The molecule has 1 atom stereocenters. The lowest BCUT2D eigenvalue weighted by Crippen LogP contribution is -2.23. The number of methoxy groups -OCH3 is 2. The first-order valence-corrected chi connectivity index (χ1v) is 9.06. The molecule has 7 heteroatoms. The molecule has 3 rings (SSSR count). The van der Waals surface area contributed by atoms with Crippen LogP contribution in [0.5, 0.6) is 23.0 Å². The van der Waals surface area contributed by atoms with Gasteiger partial charge in [-0.05, 0) is 55.0 Å². The van der Waals surface area contributed by atoms with Crippen molar-refractivity contribution >= 4 is 17.8 Å². The first-order chi connectivity index (χ1) is 14.0. The van der Waals surface area contributed by atoms with Gasteiger partial charge < -0.3 is 23.7 Å². The first kappa shape index (κ1) is 20.3. The maximum atomic E-state index is 12.4. The van der Waals surface area contributed by atoms with Crippen LogP contribution in [0, 0.1) is 0 Å². The largest absolute Gasteiger partial charge is 0.497 e. The molecular formula is C22H22O7. The molecule has 2 aromatic carbocycles. The van der Waals surface area contributed by atoms with Crippen LogP contribution in [0.3, 0.4) is 0 Å². The third kappa shape index (κ3) is 4.87. The number of fused-ring (bicyclic) bond motifs is 1. The zero-order valence-corrected chi connectivity index (χ0v) is 16.5. The molecular weight excluding hydrogens is 376 g/mol. The molecule has 29 heavy (non-hydrogen) atoms. The molecule has 0 radical (unpaired) electrons. The number of rotatable bonds is 7. The van der Waals surface area contributed by atoms with Crippen LogP contribution < -0.4 is 18.9 Å². The van der Waals surface area contributed by atoms with E-state index in [0.717, 1.165) is 0 Å². The van der Waals surface area contributed by atoms with Crippen molar-refractivity contribution in [3.8, 4) is 23.0 Å². The Hall–Kier alpha value is -3.48. The zero-order valence-electron chi connectivity index (χ0n) is 16.5. The van der Waals surface area contributed by atoms with E-state index in [1.807, 2.05) is 0 Å². The Kier molecular flexibility index (Phi) is 6.39. The van der Waals surface area contributed by atoms with Crippen molar-refractivity contribution in [3.05, 3.63) is 53.6 Å². The summed E-state index contributed by atoms with van der Waals surface area (Å²) >= 11 is 0. The summed E-state index contributed by atoms with van der Waals surface area (Å²) < 4.78 is 26.7. The topological polar surface area (TPSA) is 80.3 Å². The fraction of sp³-hybridized carbons (Fsp3) is 0.273. The molecule has 0 unspecified atom stereocenters. The van der Waals surface area contributed by atoms with Gasteiger partial charge in [-0.25, -0.2) is 4.79 Å². The molecule has 1 aliphatic rings. The summed E-state index contributed by atoms with van der Waals surface area (Å²) in [7, 11) is 3.08. The van der Waals surface area contributed by atoms with Crippen molar-refractivity contribution < 1.29 is 33.3 Å². The first-order valence-electron chi connectivity index (χ1n) is 9.06. The molecule has 0 aliphatic carbocycles. The second-order valence-electron chi connectivity index (χ2n) is 6.25. The summed E-state index contributed by atoms with van der Waals surface area (Å²) in [5, 5.41) is 0. The van der Waals surface area contributed by atoms with E-state index in [9.17, 15) is 9.59 Å². The van der Waals surface area contributed by atoms with Gasteiger partial charge in [-0.15, -0.1) is 0 Å². The van der Waals surface area contributed by atoms with Crippen LogP contribution in [0.2, 0.25) is 0 Å². The minimum atomic E-state index is -0.921. The number of esters is 1. The fourth-order valence-corrected chi connectivity index (χ4v) is 2.81. The summed E-state index contributed by atoms with van der Waals surface area (Å²) in [4.78, 5) is 24.5. The van der Waals surface area contributed by atoms with Gasteiger partial charge in [0.2, 0.25) is 11.5 Å². The van der Waals surface area contributed by atoms with E-state index in [0.29, 0.717) is 47.3 Å². The molecule has 1 heterocycles. The number of hydrogen-bond acceptors (Lipinski definition) is 7. The quantitative estimate of drug-likeness (QED) is 0.402. The van der Waals surface area contributed by atoms with Crippen molar-refractivity contribution in [3.63, 3.8) is 0 Å². The van der Waals surface area contributed by atoms with Gasteiger partial charge >= 0.3 is 5.97 Å². The van der Waals surface area contributed by atoms with E-state index in [2.05, 4.69) is 0 Å². The number of benzene rings is 2. The van der Waals surface area contributed by atoms with E-state index in [4.69, 9.17) is 23.7 Å². The van der Waals surface area contributed by atoms with Crippen molar-refractivity contribution in [2.75, 3.05) is 27.4 Å². The molecule has 0 fully saturated rings. The van der Waals surface area contributed by atoms with E-state index >= 15 is 0 Å².